The van der Waals surface area contributed by atoms with E-state index in [1.807, 2.05) is 32.0 Å². The van der Waals surface area contributed by atoms with E-state index >= 15 is 0 Å². The Labute approximate surface area is 103 Å². The van der Waals surface area contributed by atoms with Crippen molar-refractivity contribution in [2.75, 3.05) is 0 Å². The average molecular weight is 283 g/mol. The molecule has 0 heterocycles. The number of hydrogen-bond acceptors (Lipinski definition) is 2. The van der Waals surface area contributed by atoms with Gasteiger partial charge in [-0.3, -0.25) is 0 Å². The van der Waals surface area contributed by atoms with Crippen molar-refractivity contribution in [1.82, 2.24) is 0 Å². The van der Waals surface area contributed by atoms with Gasteiger partial charge in [-0.15, -0.1) is 0 Å². The van der Waals surface area contributed by atoms with Gasteiger partial charge in [0.05, 0.1) is 0 Å². The van der Waals surface area contributed by atoms with Crippen LogP contribution in [-0.2, 0) is 9.53 Å². The van der Waals surface area contributed by atoms with Crippen LogP contribution in [0.4, 0.5) is 0 Å². The van der Waals surface area contributed by atoms with E-state index in [1.54, 1.807) is 0 Å². The van der Waals surface area contributed by atoms with Crippen LogP contribution in [0.5, 0.6) is 0 Å². The molecule has 2 nitrogen and oxygen atoms in total. The van der Waals surface area contributed by atoms with Crippen molar-refractivity contribution in [3.63, 3.8) is 0 Å². The van der Waals surface area contributed by atoms with E-state index in [1.165, 1.54) is 11.4 Å². The summed E-state index contributed by atoms with van der Waals surface area (Å²) in [7, 11) is 0. The molecule has 0 fully saturated rings. The predicted octanol–water partition coefficient (Wildman–Crippen LogP) is 1.87. The summed E-state index contributed by atoms with van der Waals surface area (Å²) in [4.78, 5) is 11.0. The first-order valence-corrected chi connectivity index (χ1v) is 6.75. The number of hydrogen-bond donors (Lipinski definition) is 0. The molecule has 1 aromatic rings. The van der Waals surface area contributed by atoms with E-state index in [2.05, 4.69) is 18.7 Å². The first-order chi connectivity index (χ1) is 7.42. The molecule has 0 radical (unpaired) electrons. The molecular formula is C13H16O2Se. The molecule has 0 saturated heterocycles. The van der Waals surface area contributed by atoms with Gasteiger partial charge in [-0.25, -0.2) is 0 Å². The van der Waals surface area contributed by atoms with Gasteiger partial charge in [0, 0.05) is 0 Å². The summed E-state index contributed by atoms with van der Waals surface area (Å²) in [6.45, 7) is 9.20. The van der Waals surface area contributed by atoms with Crippen LogP contribution in [0.3, 0.4) is 0 Å². The van der Waals surface area contributed by atoms with E-state index < -0.39 is 5.60 Å². The third-order valence-electron chi connectivity index (χ3n) is 2.05. The van der Waals surface area contributed by atoms with Crippen LogP contribution in [-0.4, -0.2) is 26.5 Å². The van der Waals surface area contributed by atoms with Crippen LogP contribution in [0.15, 0.2) is 41.4 Å². The Hall–Kier alpha value is -1.05. The molecule has 0 N–H and O–H groups in total. The maximum atomic E-state index is 11.0. The van der Waals surface area contributed by atoms with Crippen molar-refractivity contribution in [1.29, 1.82) is 0 Å². The minimum atomic E-state index is -0.582. The van der Waals surface area contributed by atoms with Gasteiger partial charge >= 0.3 is 103 Å². The normalized spacial score (nSPS) is 10.9. The van der Waals surface area contributed by atoms with Crippen molar-refractivity contribution < 1.29 is 9.53 Å². The number of carbonyl (C=O) groups is 1. The molecule has 0 unspecified atom stereocenters. The molecule has 0 aliphatic heterocycles. The van der Waals surface area contributed by atoms with Crippen molar-refractivity contribution in [3.05, 3.63) is 41.4 Å². The predicted molar refractivity (Wildman–Crippen MR) is 66.8 cm³/mol. The Morgan fingerprint density at radius 2 is 1.88 bits per heavy atom. The Kier molecular flexibility index (Phi) is 4.34. The second-order valence-corrected chi connectivity index (χ2v) is 6.39. The molecule has 0 spiro atoms. The molecular weight excluding hydrogens is 267 g/mol. The van der Waals surface area contributed by atoms with Crippen LogP contribution < -0.4 is 4.46 Å². The molecule has 0 aliphatic rings. The molecule has 3 heteroatoms. The van der Waals surface area contributed by atoms with Gasteiger partial charge in [0.15, 0.2) is 0 Å². The van der Waals surface area contributed by atoms with Gasteiger partial charge in [0.25, 0.3) is 0 Å². The van der Waals surface area contributed by atoms with Crippen molar-refractivity contribution in [3.8, 4) is 0 Å². The zero-order valence-electron chi connectivity index (χ0n) is 9.82. The van der Waals surface area contributed by atoms with Crippen LogP contribution in [0.2, 0.25) is 0 Å². The summed E-state index contributed by atoms with van der Waals surface area (Å²) < 4.78 is 7.44. The third kappa shape index (κ3) is 3.84. The van der Waals surface area contributed by atoms with Crippen molar-refractivity contribution in [2.45, 2.75) is 26.4 Å². The molecule has 0 atom stereocenters. The molecule has 0 aliphatic carbocycles. The Morgan fingerprint density at radius 1 is 1.31 bits per heavy atom. The van der Waals surface area contributed by atoms with E-state index in [4.69, 9.17) is 4.74 Å². The molecule has 86 valence electrons. The third-order valence-corrected chi connectivity index (χ3v) is 4.67. The zero-order chi connectivity index (χ0) is 12.2. The zero-order valence-corrected chi connectivity index (χ0v) is 11.5. The van der Waals surface area contributed by atoms with Gasteiger partial charge in [-0.1, -0.05) is 0 Å². The SMILES string of the molecule is C=C([Se]c1ccccc1)C(C)(C)OC(C)=O. The first-order valence-electron chi connectivity index (χ1n) is 5.03. The van der Waals surface area contributed by atoms with E-state index in [0.717, 1.165) is 4.47 Å². The summed E-state index contributed by atoms with van der Waals surface area (Å²) >= 11 is 0.125. The fourth-order valence-electron chi connectivity index (χ4n) is 1.17. The van der Waals surface area contributed by atoms with Crippen LogP contribution in [0, 0.1) is 0 Å². The molecule has 0 saturated carbocycles. The molecule has 0 bridgehead atoms. The summed E-state index contributed by atoms with van der Waals surface area (Å²) in [5.41, 5.74) is -0.582. The van der Waals surface area contributed by atoms with E-state index in [-0.39, 0.29) is 20.9 Å². The average Bonchev–Trinajstić information content (AvgIpc) is 2.17. The van der Waals surface area contributed by atoms with Gasteiger partial charge in [0.1, 0.15) is 0 Å². The monoisotopic (exact) mass is 284 g/mol. The molecule has 1 aromatic carbocycles. The fourth-order valence-corrected chi connectivity index (χ4v) is 2.99. The summed E-state index contributed by atoms with van der Waals surface area (Å²) in [6, 6.07) is 10.1. The Bertz CT molecular complexity index is 382. The topological polar surface area (TPSA) is 26.3 Å². The molecule has 1 rings (SSSR count). The maximum absolute atomic E-state index is 11.0. The summed E-state index contributed by atoms with van der Waals surface area (Å²) in [5.74, 6) is -0.269. The molecule has 0 amide bonds. The number of ether oxygens (including phenoxy) is 1. The Balaban J connectivity index is 2.68. The number of carbonyl (C=O) groups excluding carboxylic acids is 1. The fraction of sp³-hybridized carbons (Fsp3) is 0.308. The van der Waals surface area contributed by atoms with Gasteiger partial charge in [-0.2, -0.15) is 0 Å². The second-order valence-electron chi connectivity index (χ2n) is 3.94. The minimum absolute atomic E-state index is 0.125. The van der Waals surface area contributed by atoms with Crippen LogP contribution in [0.1, 0.15) is 20.8 Å². The van der Waals surface area contributed by atoms with Crippen LogP contribution in [0.25, 0.3) is 0 Å². The second kappa shape index (κ2) is 5.33. The molecule has 16 heavy (non-hydrogen) atoms. The van der Waals surface area contributed by atoms with Gasteiger partial charge in [0.2, 0.25) is 0 Å². The number of rotatable bonds is 4. The summed E-state index contributed by atoms with van der Waals surface area (Å²) in [5, 5.41) is 0. The van der Waals surface area contributed by atoms with Crippen molar-refractivity contribution >= 4 is 25.4 Å². The Morgan fingerprint density at radius 3 is 2.38 bits per heavy atom. The quantitative estimate of drug-likeness (QED) is 0.623. The standard InChI is InChI=1S/C13H16O2Se/c1-10(13(3,4)15-11(2)14)16-12-8-6-5-7-9-12/h5-9H,1H2,2-4H3. The van der Waals surface area contributed by atoms with Gasteiger partial charge < -0.3 is 0 Å². The van der Waals surface area contributed by atoms with Gasteiger partial charge in [-0.05, 0) is 0 Å². The first kappa shape index (κ1) is 13.0. The van der Waals surface area contributed by atoms with Crippen LogP contribution >= 0.6 is 0 Å². The molecule has 0 aromatic heterocycles. The van der Waals surface area contributed by atoms with E-state index in [0.29, 0.717) is 0 Å². The summed E-state index contributed by atoms with van der Waals surface area (Å²) in [6.07, 6.45) is 0. The number of esters is 1. The van der Waals surface area contributed by atoms with Crippen molar-refractivity contribution in [2.24, 2.45) is 0 Å². The van der Waals surface area contributed by atoms with E-state index in [9.17, 15) is 4.79 Å². The number of benzene rings is 1.